The van der Waals surface area contributed by atoms with Crippen LogP contribution in [0.3, 0.4) is 0 Å². The van der Waals surface area contributed by atoms with Crippen LogP contribution in [0, 0.1) is 0 Å². The van der Waals surface area contributed by atoms with E-state index in [2.05, 4.69) is 161 Å². The van der Waals surface area contributed by atoms with Crippen molar-refractivity contribution in [1.82, 2.24) is 0 Å². The number of hydrogen-bond donors (Lipinski definition) is 0. The van der Waals surface area contributed by atoms with Gasteiger partial charge in [0.15, 0.2) is 0 Å². The molecule has 0 aliphatic carbocycles. The molecule has 0 N–H and O–H groups in total. The summed E-state index contributed by atoms with van der Waals surface area (Å²) in [5.41, 5.74) is 0. The molecule has 3 aromatic carbocycles. The van der Waals surface area contributed by atoms with Crippen molar-refractivity contribution in [1.29, 1.82) is 0 Å². The molecule has 0 spiro atoms. The van der Waals surface area contributed by atoms with Gasteiger partial charge in [-0.25, -0.2) is 10.7 Å². The van der Waals surface area contributed by atoms with Crippen molar-refractivity contribution in [2.24, 2.45) is 0 Å². The van der Waals surface area contributed by atoms with E-state index >= 15 is 0 Å². The Morgan fingerprint density at radius 1 is 0.394 bits per heavy atom. The lowest BCUT2D eigenvalue weighted by molar-refractivity contribution is 1.70. The number of benzene rings is 3. The highest BCUT2D eigenvalue weighted by Gasteiger charge is 2.65. The Bertz CT molecular complexity index is 900. The maximum atomic E-state index is 2.73. The fourth-order valence-electron chi connectivity index (χ4n) is 6.76. The van der Waals surface area contributed by atoms with Gasteiger partial charge in [-0.2, -0.15) is 0 Å². The first-order chi connectivity index (χ1) is 15.3. The standard InChI is InChI=1S/C27H42SSi5/c1-29(2,3)33(30(4,5)6,31(7,8)9)28-32(25-19-13-10-14-20-25,26-21-15-11-16-22-26)27-23-17-12-18-24-27/h10-24H,1-9H3. The molecule has 0 aliphatic rings. The molecule has 3 aromatic rings. The number of hydrogen-bond acceptors (Lipinski definition) is 1. The van der Waals surface area contributed by atoms with Gasteiger partial charge in [-0.05, 0) is 15.6 Å². The van der Waals surface area contributed by atoms with Gasteiger partial charge < -0.3 is 0 Å². The Labute approximate surface area is 211 Å². The summed E-state index contributed by atoms with van der Waals surface area (Å²) in [5, 5.41) is 4.71. The lowest BCUT2D eigenvalue weighted by atomic mass is 10.3. The molecule has 0 radical (unpaired) electrons. The first-order valence-corrected chi connectivity index (χ1v) is 31.9. The summed E-state index contributed by atoms with van der Waals surface area (Å²) >= 11 is 0. The summed E-state index contributed by atoms with van der Waals surface area (Å²) in [6.07, 6.45) is 0. The topological polar surface area (TPSA) is 0 Å². The average molecular weight is 539 g/mol. The van der Waals surface area contributed by atoms with Gasteiger partial charge >= 0.3 is 0 Å². The summed E-state index contributed by atoms with van der Waals surface area (Å²) in [6.45, 7) is 24.5. The van der Waals surface area contributed by atoms with Crippen molar-refractivity contribution in [3.8, 4) is 0 Å². The van der Waals surface area contributed by atoms with Crippen LogP contribution in [0.4, 0.5) is 0 Å². The zero-order valence-electron chi connectivity index (χ0n) is 22.1. The van der Waals surface area contributed by atoms with Crippen molar-refractivity contribution in [3.63, 3.8) is 0 Å². The Balaban J connectivity index is 2.51. The van der Waals surface area contributed by atoms with E-state index in [9.17, 15) is 0 Å². The summed E-state index contributed by atoms with van der Waals surface area (Å²) in [7, 11) is -4.05. The van der Waals surface area contributed by atoms with Crippen LogP contribution in [0.25, 0.3) is 0 Å². The van der Waals surface area contributed by atoms with E-state index in [4.69, 9.17) is 0 Å². The van der Waals surface area contributed by atoms with Crippen LogP contribution in [0.1, 0.15) is 0 Å². The van der Waals surface area contributed by atoms with Gasteiger partial charge in [0.05, 0.1) is 5.78 Å². The molecule has 6 heteroatoms. The average Bonchev–Trinajstić information content (AvgIpc) is 2.74. The number of rotatable bonds is 8. The molecule has 0 aliphatic heterocycles. The van der Waals surface area contributed by atoms with Crippen LogP contribution in [-0.2, 0) is 0 Å². The van der Waals surface area contributed by atoms with Gasteiger partial charge in [-0.3, -0.25) is 0 Å². The minimum atomic E-state index is -2.31. The summed E-state index contributed by atoms with van der Waals surface area (Å²) in [6, 6.07) is 34.8. The summed E-state index contributed by atoms with van der Waals surface area (Å²) in [4.78, 5) is 0. The maximum absolute atomic E-state index is 2.73. The van der Waals surface area contributed by atoms with Crippen LogP contribution in [0.5, 0.6) is 0 Å². The van der Waals surface area contributed by atoms with Crippen molar-refractivity contribution in [3.05, 3.63) is 91.0 Å². The van der Waals surface area contributed by atoms with E-state index in [1.807, 2.05) is 0 Å². The molecule has 0 saturated carbocycles. The van der Waals surface area contributed by atoms with E-state index in [1.54, 1.807) is 15.6 Å². The molecule has 33 heavy (non-hydrogen) atoms. The van der Waals surface area contributed by atoms with Crippen LogP contribution in [-0.4, -0.2) is 35.8 Å². The minimum Gasteiger partial charge on any atom is -0.200 e. The first-order valence-electron chi connectivity index (χ1n) is 12.1. The van der Waals surface area contributed by atoms with Gasteiger partial charge in [0.25, 0.3) is 0 Å². The van der Waals surface area contributed by atoms with E-state index in [0.717, 1.165) is 0 Å². The van der Waals surface area contributed by atoms with E-state index in [0.29, 0.717) is 0 Å². The molecule has 0 bridgehead atoms. The lowest BCUT2D eigenvalue weighted by Crippen LogP contribution is -2.84. The van der Waals surface area contributed by atoms with Gasteiger partial charge in [0.1, 0.15) is 0 Å². The molecule has 0 aromatic heterocycles. The van der Waals surface area contributed by atoms with Gasteiger partial charge in [0, 0.05) is 22.8 Å². The molecule has 0 amide bonds. The quantitative estimate of drug-likeness (QED) is 0.230. The Morgan fingerprint density at radius 3 is 0.848 bits per heavy atom. The van der Waals surface area contributed by atoms with Gasteiger partial charge in [-0.15, -0.1) is 0 Å². The Hall–Kier alpha value is -0.906. The molecule has 0 fully saturated rings. The maximum Gasteiger partial charge on any atom is 0.203 e. The van der Waals surface area contributed by atoms with Crippen LogP contribution in [0.2, 0.25) is 58.9 Å². The largest absolute Gasteiger partial charge is 0.203 e. The predicted octanol–water partition coefficient (Wildman–Crippen LogP) is 6.58. The normalized spacial score (nSPS) is 13.7. The van der Waals surface area contributed by atoms with Crippen molar-refractivity contribution in [2.45, 2.75) is 58.9 Å². The molecular formula is C27H42SSi5. The SMILES string of the molecule is C[Si](C)(C)[Si](S[Si](c1ccccc1)(c1ccccc1)c1ccccc1)([Si](C)(C)C)[Si](C)(C)C. The molecule has 0 nitrogen and oxygen atoms in total. The summed E-state index contributed by atoms with van der Waals surface area (Å²) < 4.78 is 0. The highest BCUT2D eigenvalue weighted by molar-refractivity contribution is 8.66. The summed E-state index contributed by atoms with van der Waals surface area (Å²) in [5.74, 6) is -1.69. The Morgan fingerprint density at radius 2 is 0.636 bits per heavy atom. The van der Waals surface area contributed by atoms with Crippen molar-refractivity contribution >= 4 is 62.0 Å². The second-order valence-electron chi connectivity index (χ2n) is 12.3. The van der Waals surface area contributed by atoms with E-state index in [-0.39, 0.29) is 0 Å². The van der Waals surface area contributed by atoms with Crippen LogP contribution >= 0.6 is 10.7 Å². The van der Waals surface area contributed by atoms with Gasteiger partial charge in [-0.1, -0.05) is 150 Å². The predicted molar refractivity (Wildman–Crippen MR) is 167 cm³/mol. The fourth-order valence-corrected chi connectivity index (χ4v) is 158. The fraction of sp³-hybridized carbons (Fsp3) is 0.333. The van der Waals surface area contributed by atoms with Gasteiger partial charge in [0.2, 0.25) is 7.22 Å². The van der Waals surface area contributed by atoms with Crippen molar-refractivity contribution in [2.75, 3.05) is 0 Å². The monoisotopic (exact) mass is 538 g/mol. The second-order valence-corrected chi connectivity index (χ2v) is 64.6. The molecular weight excluding hydrogens is 497 g/mol. The molecule has 0 heterocycles. The van der Waals surface area contributed by atoms with Crippen LogP contribution in [0.15, 0.2) is 91.0 Å². The minimum absolute atomic E-state index is 1.46. The second kappa shape index (κ2) is 9.62. The molecule has 176 valence electrons. The van der Waals surface area contributed by atoms with E-state index < -0.39 is 35.8 Å². The highest BCUT2D eigenvalue weighted by atomic mass is 32.6. The third-order valence-electron chi connectivity index (χ3n) is 7.02. The zero-order valence-corrected chi connectivity index (χ0v) is 27.9. The molecule has 0 unspecified atom stereocenters. The molecule has 3 rings (SSSR count). The first kappa shape index (κ1) is 26.7. The smallest absolute Gasteiger partial charge is 0.200 e. The Kier molecular flexibility index (Phi) is 7.79. The molecule has 0 saturated heterocycles. The lowest BCUT2D eigenvalue weighted by Gasteiger charge is -2.60. The van der Waals surface area contributed by atoms with Crippen LogP contribution < -0.4 is 15.6 Å². The third kappa shape index (κ3) is 4.79. The highest BCUT2D eigenvalue weighted by Crippen LogP contribution is 2.48. The zero-order chi connectivity index (χ0) is 24.5. The van der Waals surface area contributed by atoms with Crippen molar-refractivity contribution < 1.29 is 0 Å². The molecule has 0 atom stereocenters. The van der Waals surface area contributed by atoms with E-state index in [1.165, 1.54) is 0 Å². The third-order valence-corrected chi connectivity index (χ3v) is 111.